The molecule has 15 heteroatoms. The van der Waals surface area contributed by atoms with Crippen molar-refractivity contribution in [1.82, 2.24) is 15.5 Å². The highest BCUT2D eigenvalue weighted by molar-refractivity contribution is 6.60. The second-order valence-electron chi connectivity index (χ2n) is 8.43. The minimum atomic E-state index is -2.79. The quantitative estimate of drug-likeness (QED) is 0.0698. The summed E-state index contributed by atoms with van der Waals surface area (Å²) in [5.74, 6) is 0. The van der Waals surface area contributed by atoms with E-state index in [0.29, 0.717) is 25.7 Å². The SMILES string of the molecule is CCN(CCNCC(O)COCCC[Si](OC)(OC)OC)CCNCC(O)COC[Si](OC)(OC)OC. The minimum absolute atomic E-state index is 0.168. The van der Waals surface area contributed by atoms with E-state index >= 15 is 0 Å². The lowest BCUT2D eigenvalue weighted by Gasteiger charge is -2.24. The van der Waals surface area contributed by atoms with Gasteiger partial charge in [0.15, 0.2) is 0 Å². The summed E-state index contributed by atoms with van der Waals surface area (Å²) in [6, 6.07) is 0.665. The van der Waals surface area contributed by atoms with Gasteiger partial charge in [-0.3, -0.25) is 0 Å². The van der Waals surface area contributed by atoms with Crippen LogP contribution in [0.1, 0.15) is 13.3 Å². The maximum absolute atomic E-state index is 10.1. The fourth-order valence-corrected chi connectivity index (χ4v) is 6.38. The van der Waals surface area contributed by atoms with Crippen LogP contribution < -0.4 is 10.6 Å². The summed E-state index contributed by atoms with van der Waals surface area (Å²) in [5.41, 5.74) is 0. The van der Waals surface area contributed by atoms with E-state index in [0.717, 1.165) is 39.1 Å². The van der Waals surface area contributed by atoms with E-state index in [2.05, 4.69) is 22.5 Å². The summed E-state index contributed by atoms with van der Waals surface area (Å²) >= 11 is 0. The number of ether oxygens (including phenoxy) is 2. The molecule has 0 aliphatic carbocycles. The minimum Gasteiger partial charge on any atom is -0.389 e. The van der Waals surface area contributed by atoms with E-state index in [1.54, 1.807) is 21.3 Å². The molecule has 0 fully saturated rings. The van der Waals surface area contributed by atoms with Crippen molar-refractivity contribution in [3.8, 4) is 0 Å². The van der Waals surface area contributed by atoms with Gasteiger partial charge in [0.2, 0.25) is 0 Å². The summed E-state index contributed by atoms with van der Waals surface area (Å²) in [5, 5.41) is 26.7. The smallest absolute Gasteiger partial charge is 0.389 e. The zero-order valence-corrected chi connectivity index (χ0v) is 26.0. The van der Waals surface area contributed by atoms with E-state index in [9.17, 15) is 10.2 Å². The van der Waals surface area contributed by atoms with Crippen LogP contribution in [0.2, 0.25) is 6.04 Å². The topological polar surface area (TPSA) is 142 Å². The summed E-state index contributed by atoms with van der Waals surface area (Å²) in [7, 11) is 4.00. The van der Waals surface area contributed by atoms with E-state index < -0.39 is 29.8 Å². The van der Waals surface area contributed by atoms with Crippen LogP contribution >= 0.6 is 0 Å². The van der Waals surface area contributed by atoms with Crippen LogP contribution in [0.4, 0.5) is 0 Å². The zero-order valence-electron chi connectivity index (χ0n) is 24.0. The Labute approximate surface area is 225 Å². The molecule has 0 radical (unpaired) electrons. The van der Waals surface area contributed by atoms with Crippen LogP contribution in [-0.4, -0.2) is 159 Å². The summed E-state index contributed by atoms with van der Waals surface area (Å²) in [4.78, 5) is 2.29. The first-order chi connectivity index (χ1) is 17.8. The lowest BCUT2D eigenvalue weighted by Crippen LogP contribution is -2.49. The maximum atomic E-state index is 10.1. The molecule has 13 nitrogen and oxygen atoms in total. The van der Waals surface area contributed by atoms with Gasteiger partial charge in [-0.05, 0) is 13.0 Å². The Hall–Kier alpha value is -0.0862. The van der Waals surface area contributed by atoms with Gasteiger partial charge in [-0.25, -0.2) is 0 Å². The number of likely N-dealkylation sites (N-methyl/N-ethyl adjacent to an activating group) is 1. The van der Waals surface area contributed by atoms with E-state index in [-0.39, 0.29) is 19.4 Å². The van der Waals surface area contributed by atoms with Crippen LogP contribution in [0, 0.1) is 0 Å². The molecule has 0 rings (SSSR count). The van der Waals surface area contributed by atoms with Crippen molar-refractivity contribution in [3.05, 3.63) is 0 Å². The number of hydrogen-bond donors (Lipinski definition) is 4. The Morgan fingerprint density at radius 1 is 0.703 bits per heavy atom. The molecule has 2 atom stereocenters. The fraction of sp³-hybridized carbons (Fsp3) is 1.00. The number of rotatable bonds is 27. The normalized spacial score (nSPS) is 14.4. The molecular formula is C22H53N3O10Si2. The molecule has 2 unspecified atom stereocenters. The molecule has 0 spiro atoms. The first-order valence-electron chi connectivity index (χ1n) is 12.8. The second-order valence-corrected chi connectivity index (χ2v) is 14.4. The van der Waals surface area contributed by atoms with Gasteiger partial charge >= 0.3 is 17.6 Å². The largest absolute Gasteiger partial charge is 0.527 e. The molecule has 0 saturated heterocycles. The average Bonchev–Trinajstić information content (AvgIpc) is 2.92. The number of nitrogens with zero attached hydrogens (tertiary/aromatic N) is 1. The predicted molar refractivity (Wildman–Crippen MR) is 144 cm³/mol. The molecule has 0 aromatic carbocycles. The van der Waals surface area contributed by atoms with Gasteiger partial charge in [-0.2, -0.15) is 0 Å². The Kier molecular flexibility index (Phi) is 22.6. The van der Waals surface area contributed by atoms with Gasteiger partial charge in [-0.15, -0.1) is 0 Å². The van der Waals surface area contributed by atoms with Crippen molar-refractivity contribution >= 4 is 17.6 Å². The van der Waals surface area contributed by atoms with Crippen molar-refractivity contribution in [2.75, 3.05) is 115 Å². The third kappa shape index (κ3) is 16.6. The number of aliphatic hydroxyl groups is 2. The van der Waals surface area contributed by atoms with Gasteiger partial charge < -0.3 is 61.8 Å². The standard InChI is InChI=1S/C22H53N3O10Si2/c1-8-25(13-11-24-17-22(27)19-35-20-37(31-5,32-6)33-7)12-10-23-16-21(26)18-34-14-9-15-36(28-2,29-3)30-4/h21-24,26-27H,8-20H2,1-7H3. The molecule has 224 valence electrons. The third-order valence-electron chi connectivity index (χ3n) is 5.95. The molecule has 0 heterocycles. The van der Waals surface area contributed by atoms with E-state index in [4.69, 9.17) is 36.0 Å². The first kappa shape index (κ1) is 36.9. The maximum Gasteiger partial charge on any atom is 0.527 e. The molecule has 0 aromatic rings. The number of hydrogen-bond acceptors (Lipinski definition) is 13. The monoisotopic (exact) mass is 575 g/mol. The van der Waals surface area contributed by atoms with Crippen LogP contribution in [0.3, 0.4) is 0 Å². The Morgan fingerprint density at radius 2 is 1.16 bits per heavy atom. The Balaban J connectivity index is 3.85. The fourth-order valence-electron chi connectivity index (χ4n) is 3.47. The number of aliphatic hydroxyl groups excluding tert-OH is 2. The van der Waals surface area contributed by atoms with Crippen LogP contribution in [0.5, 0.6) is 0 Å². The second kappa shape index (κ2) is 22.7. The molecule has 0 saturated carbocycles. The molecule has 0 aromatic heterocycles. The van der Waals surface area contributed by atoms with Crippen molar-refractivity contribution in [1.29, 1.82) is 0 Å². The van der Waals surface area contributed by atoms with Crippen molar-refractivity contribution < 1.29 is 46.2 Å². The van der Waals surface area contributed by atoms with Crippen molar-refractivity contribution in [3.63, 3.8) is 0 Å². The van der Waals surface area contributed by atoms with E-state index in [1.807, 2.05) is 0 Å². The Morgan fingerprint density at radius 3 is 1.59 bits per heavy atom. The summed E-state index contributed by atoms with van der Waals surface area (Å²) < 4.78 is 43.1. The lowest BCUT2D eigenvalue weighted by molar-refractivity contribution is 0.0203. The van der Waals surface area contributed by atoms with Gasteiger partial charge in [0, 0.05) is 94.6 Å². The van der Waals surface area contributed by atoms with Gasteiger partial charge in [0.25, 0.3) is 0 Å². The molecule has 37 heavy (non-hydrogen) atoms. The van der Waals surface area contributed by atoms with Crippen LogP contribution in [-0.2, 0) is 36.0 Å². The molecule has 0 aliphatic heterocycles. The first-order valence-corrected chi connectivity index (χ1v) is 16.6. The molecule has 0 aliphatic rings. The van der Waals surface area contributed by atoms with Gasteiger partial charge in [-0.1, -0.05) is 6.92 Å². The van der Waals surface area contributed by atoms with Gasteiger partial charge in [0.1, 0.15) is 6.23 Å². The lowest BCUT2D eigenvalue weighted by atomic mass is 10.3. The van der Waals surface area contributed by atoms with Crippen molar-refractivity contribution in [2.24, 2.45) is 0 Å². The predicted octanol–water partition coefficient (Wildman–Crippen LogP) is -1.07. The zero-order chi connectivity index (χ0) is 28.0. The molecular weight excluding hydrogens is 522 g/mol. The average molecular weight is 576 g/mol. The highest BCUT2D eigenvalue weighted by Crippen LogP contribution is 2.14. The van der Waals surface area contributed by atoms with Gasteiger partial charge in [0.05, 0.1) is 25.4 Å². The summed E-state index contributed by atoms with van der Waals surface area (Å²) in [6.45, 7) is 8.06. The molecule has 0 amide bonds. The number of nitrogens with one attached hydrogen (secondary N) is 2. The van der Waals surface area contributed by atoms with Crippen LogP contribution in [0.25, 0.3) is 0 Å². The van der Waals surface area contributed by atoms with E-state index in [1.165, 1.54) is 21.3 Å². The summed E-state index contributed by atoms with van der Waals surface area (Å²) in [6.07, 6.45) is -0.283. The highest BCUT2D eigenvalue weighted by Gasteiger charge is 2.38. The molecule has 0 bridgehead atoms. The molecule has 4 N–H and O–H groups in total. The third-order valence-corrected chi connectivity index (χ3v) is 11.2. The highest BCUT2D eigenvalue weighted by atomic mass is 28.4. The van der Waals surface area contributed by atoms with Crippen LogP contribution in [0.15, 0.2) is 0 Å². The Bertz CT molecular complexity index is 507. The van der Waals surface area contributed by atoms with Crippen molar-refractivity contribution in [2.45, 2.75) is 31.6 Å².